The van der Waals surface area contributed by atoms with Crippen molar-refractivity contribution in [1.29, 1.82) is 0 Å². The van der Waals surface area contributed by atoms with E-state index in [0.29, 0.717) is 6.42 Å². The Morgan fingerprint density at radius 2 is 1.75 bits per heavy atom. The minimum atomic E-state index is -1.17. The van der Waals surface area contributed by atoms with Crippen LogP contribution < -0.4 is 15.4 Å². The second-order valence-electron chi connectivity index (χ2n) is 8.92. The fraction of sp³-hybridized carbons (Fsp3) is 0.375. The van der Waals surface area contributed by atoms with E-state index in [9.17, 15) is 24.5 Å². The highest BCUT2D eigenvalue weighted by atomic mass is 35.5. The third-order valence-corrected chi connectivity index (χ3v) is 5.59. The number of carbonyl (C=O) groups excluding carboxylic acids is 3. The molecule has 0 spiro atoms. The number of halogens is 2. The number of hydrogen-bond donors (Lipinski definition) is 2. The Bertz CT molecular complexity index is 1160. The van der Waals surface area contributed by atoms with E-state index in [1.807, 2.05) is 0 Å². The van der Waals surface area contributed by atoms with Gasteiger partial charge in [0, 0.05) is 0 Å². The Morgan fingerprint density at radius 3 is 2.31 bits per heavy atom. The summed E-state index contributed by atoms with van der Waals surface area (Å²) < 4.78 is 10.7. The van der Waals surface area contributed by atoms with Crippen LogP contribution in [0.1, 0.15) is 51.4 Å². The first-order valence-electron chi connectivity index (χ1n) is 11.0. The zero-order valence-electron chi connectivity index (χ0n) is 20.4. The predicted molar refractivity (Wildman–Crippen MR) is 136 cm³/mol. The molecule has 0 aliphatic heterocycles. The SMILES string of the molecule is CCC(C)C(NC(=O)OC(C)(C)C)C(=O)Oc1cc([N+](=O)[O-])c(Cl)cc1C(=O)Nc1ccccc1Cl. The number of benzene rings is 2. The lowest BCUT2D eigenvalue weighted by Crippen LogP contribution is -2.48. The molecule has 12 heteroatoms. The van der Waals surface area contributed by atoms with E-state index in [2.05, 4.69) is 10.6 Å². The zero-order chi connectivity index (χ0) is 27.2. The van der Waals surface area contributed by atoms with Crippen molar-refractivity contribution in [2.45, 2.75) is 52.7 Å². The van der Waals surface area contributed by atoms with E-state index in [0.717, 1.165) is 12.1 Å². The van der Waals surface area contributed by atoms with E-state index in [4.69, 9.17) is 32.7 Å². The summed E-state index contributed by atoms with van der Waals surface area (Å²) in [6.07, 6.45) is -0.362. The van der Waals surface area contributed by atoms with E-state index in [1.54, 1.807) is 58.9 Å². The van der Waals surface area contributed by atoms with Gasteiger partial charge >= 0.3 is 12.1 Å². The summed E-state index contributed by atoms with van der Waals surface area (Å²) in [7, 11) is 0. The van der Waals surface area contributed by atoms with E-state index >= 15 is 0 Å². The normalized spacial score (nSPS) is 12.8. The minimum Gasteiger partial charge on any atom is -0.444 e. The molecule has 0 aliphatic carbocycles. The number of nitro benzene ring substituents is 1. The van der Waals surface area contributed by atoms with Crippen molar-refractivity contribution in [2.75, 3.05) is 5.32 Å². The summed E-state index contributed by atoms with van der Waals surface area (Å²) in [4.78, 5) is 49.1. The maximum atomic E-state index is 13.1. The lowest BCUT2D eigenvalue weighted by atomic mass is 9.99. The summed E-state index contributed by atoms with van der Waals surface area (Å²) in [5.41, 5.74) is -1.37. The average Bonchev–Trinajstić information content (AvgIpc) is 2.77. The molecule has 2 aromatic rings. The van der Waals surface area contributed by atoms with Crippen molar-refractivity contribution in [2.24, 2.45) is 5.92 Å². The fourth-order valence-electron chi connectivity index (χ4n) is 2.97. The van der Waals surface area contributed by atoms with Gasteiger partial charge in [0.25, 0.3) is 11.6 Å². The fourth-order valence-corrected chi connectivity index (χ4v) is 3.39. The van der Waals surface area contributed by atoms with Gasteiger partial charge in [-0.2, -0.15) is 0 Å². The molecule has 0 aromatic heterocycles. The number of nitrogens with one attached hydrogen (secondary N) is 2. The van der Waals surface area contributed by atoms with Crippen LogP contribution in [0, 0.1) is 16.0 Å². The molecule has 0 heterocycles. The summed E-state index contributed by atoms with van der Waals surface area (Å²) in [6.45, 7) is 8.51. The summed E-state index contributed by atoms with van der Waals surface area (Å²) in [5, 5.41) is 16.4. The van der Waals surface area contributed by atoms with Gasteiger partial charge in [0.05, 0.1) is 27.3 Å². The molecule has 2 aromatic carbocycles. The highest BCUT2D eigenvalue weighted by Crippen LogP contribution is 2.34. The Hall–Kier alpha value is -3.37. The number of para-hydroxylation sites is 1. The number of amides is 2. The van der Waals surface area contributed by atoms with Crippen LogP contribution in [0.5, 0.6) is 5.75 Å². The smallest absolute Gasteiger partial charge is 0.408 e. The second-order valence-corrected chi connectivity index (χ2v) is 9.74. The minimum absolute atomic E-state index is 0.246. The van der Waals surface area contributed by atoms with Gasteiger partial charge in [-0.1, -0.05) is 55.6 Å². The highest BCUT2D eigenvalue weighted by molar-refractivity contribution is 6.34. The Labute approximate surface area is 218 Å². The maximum absolute atomic E-state index is 13.1. The van der Waals surface area contributed by atoms with Crippen LogP contribution in [-0.4, -0.2) is 34.5 Å². The molecular weight excluding hydrogens is 513 g/mol. The highest BCUT2D eigenvalue weighted by Gasteiger charge is 2.32. The molecule has 0 radical (unpaired) electrons. The molecule has 2 amide bonds. The van der Waals surface area contributed by atoms with Crippen LogP contribution in [0.25, 0.3) is 0 Å². The van der Waals surface area contributed by atoms with Crippen LogP contribution in [0.15, 0.2) is 36.4 Å². The van der Waals surface area contributed by atoms with Crippen LogP contribution in [0.4, 0.5) is 16.2 Å². The summed E-state index contributed by atoms with van der Waals surface area (Å²) in [5.74, 6) is -2.53. The van der Waals surface area contributed by atoms with Crippen molar-refractivity contribution in [1.82, 2.24) is 5.32 Å². The number of carbonyl (C=O) groups is 3. The monoisotopic (exact) mass is 539 g/mol. The van der Waals surface area contributed by atoms with Gasteiger partial charge in [0.2, 0.25) is 0 Å². The van der Waals surface area contributed by atoms with Gasteiger partial charge in [-0.3, -0.25) is 14.9 Å². The molecule has 36 heavy (non-hydrogen) atoms. The second kappa shape index (κ2) is 12.0. The number of esters is 1. The number of rotatable bonds is 8. The number of ether oxygens (including phenoxy) is 2. The first-order chi connectivity index (χ1) is 16.7. The number of nitro groups is 1. The first-order valence-corrected chi connectivity index (χ1v) is 11.7. The Kier molecular flexibility index (Phi) is 9.66. The molecule has 194 valence electrons. The van der Waals surface area contributed by atoms with E-state index in [-0.39, 0.29) is 21.3 Å². The number of alkyl carbamates (subject to hydrolysis) is 1. The van der Waals surface area contributed by atoms with Crippen molar-refractivity contribution in [3.05, 3.63) is 62.1 Å². The van der Waals surface area contributed by atoms with Gasteiger partial charge in [0.15, 0.2) is 5.75 Å². The molecule has 2 atom stereocenters. The molecule has 0 saturated carbocycles. The third-order valence-electron chi connectivity index (χ3n) is 4.96. The lowest BCUT2D eigenvalue weighted by molar-refractivity contribution is -0.384. The van der Waals surface area contributed by atoms with Gasteiger partial charge in [-0.25, -0.2) is 9.59 Å². The Morgan fingerprint density at radius 1 is 1.11 bits per heavy atom. The maximum Gasteiger partial charge on any atom is 0.408 e. The number of nitrogens with zero attached hydrogens (tertiary/aromatic N) is 1. The van der Waals surface area contributed by atoms with Crippen LogP contribution in [-0.2, 0) is 9.53 Å². The van der Waals surface area contributed by atoms with Crippen LogP contribution >= 0.6 is 23.2 Å². The van der Waals surface area contributed by atoms with Gasteiger partial charge in [-0.05, 0) is 44.9 Å². The van der Waals surface area contributed by atoms with Crippen LogP contribution in [0.3, 0.4) is 0 Å². The quantitative estimate of drug-likeness (QED) is 0.181. The lowest BCUT2D eigenvalue weighted by Gasteiger charge is -2.25. The van der Waals surface area contributed by atoms with Crippen molar-refractivity contribution >= 4 is 52.5 Å². The predicted octanol–water partition coefficient (Wildman–Crippen LogP) is 6.00. The third kappa shape index (κ3) is 7.82. The van der Waals surface area contributed by atoms with Crippen molar-refractivity contribution in [3.63, 3.8) is 0 Å². The van der Waals surface area contributed by atoms with Crippen LogP contribution in [0.2, 0.25) is 10.0 Å². The topological polar surface area (TPSA) is 137 Å². The number of hydrogen-bond acceptors (Lipinski definition) is 7. The van der Waals surface area contributed by atoms with E-state index < -0.39 is 51.9 Å². The summed E-state index contributed by atoms with van der Waals surface area (Å²) in [6, 6.07) is 7.14. The largest absolute Gasteiger partial charge is 0.444 e. The molecule has 0 aliphatic rings. The first kappa shape index (κ1) is 28.9. The van der Waals surface area contributed by atoms with E-state index in [1.165, 1.54) is 0 Å². The van der Waals surface area contributed by atoms with Gasteiger partial charge in [-0.15, -0.1) is 0 Å². The molecule has 2 N–H and O–H groups in total. The molecule has 10 nitrogen and oxygen atoms in total. The standard InChI is InChI=1S/C24H27Cl2N3O7/c1-6-13(2)20(28-23(32)36-24(3,4)5)22(31)35-19-12-18(29(33)34)16(26)11-14(19)21(30)27-17-10-8-7-9-15(17)25/h7-13,20H,6H2,1-5H3,(H,27,30)(H,28,32). The molecule has 0 fully saturated rings. The molecular formula is C24H27Cl2N3O7. The van der Waals surface area contributed by atoms with Gasteiger partial charge < -0.3 is 20.1 Å². The number of anilines is 1. The zero-order valence-corrected chi connectivity index (χ0v) is 21.9. The molecule has 0 saturated heterocycles. The average molecular weight is 540 g/mol. The van der Waals surface area contributed by atoms with Gasteiger partial charge in [0.1, 0.15) is 16.7 Å². The summed E-state index contributed by atoms with van der Waals surface area (Å²) >= 11 is 12.1. The molecule has 0 bridgehead atoms. The Balaban J connectivity index is 2.43. The molecule has 2 rings (SSSR count). The van der Waals surface area contributed by atoms with Crippen molar-refractivity contribution < 1.29 is 28.8 Å². The van der Waals surface area contributed by atoms with Crippen molar-refractivity contribution in [3.8, 4) is 5.75 Å². The molecule has 2 unspecified atom stereocenters.